The summed E-state index contributed by atoms with van der Waals surface area (Å²) in [6.45, 7) is 5.36. The molecule has 5 nitrogen and oxygen atoms in total. The van der Waals surface area contributed by atoms with Crippen LogP contribution in [0.15, 0.2) is 21.3 Å². The molecule has 0 radical (unpaired) electrons. The molecule has 6 heteroatoms. The lowest BCUT2D eigenvalue weighted by atomic mass is 10.2. The average Bonchev–Trinajstić information content (AvgIpc) is 2.64. The molecular weight excluding hydrogens is 298 g/mol. The average molecular weight is 310 g/mol. The molecule has 2 heterocycles. The molecule has 2 aromatic rings. The van der Waals surface area contributed by atoms with E-state index in [0.29, 0.717) is 22.8 Å². The first-order chi connectivity index (χ1) is 8.49. The second-order valence-corrected chi connectivity index (χ2v) is 4.83. The summed E-state index contributed by atoms with van der Waals surface area (Å²) in [4.78, 5) is 16.2. The highest BCUT2D eigenvalue weighted by atomic mass is 79.9. The minimum absolute atomic E-state index is 0.263. The Morgan fingerprint density at radius 1 is 1.39 bits per heavy atom. The van der Waals surface area contributed by atoms with Crippen molar-refractivity contribution in [2.45, 2.75) is 20.8 Å². The molecule has 0 spiro atoms. The normalized spacial score (nSPS) is 10.4. The van der Waals surface area contributed by atoms with Crippen LogP contribution in [0.2, 0.25) is 0 Å². The van der Waals surface area contributed by atoms with Crippen molar-refractivity contribution in [3.8, 4) is 0 Å². The highest BCUT2D eigenvalue weighted by molar-refractivity contribution is 9.10. The zero-order valence-electron chi connectivity index (χ0n) is 10.2. The lowest BCUT2D eigenvalue weighted by Gasteiger charge is -2.05. The zero-order chi connectivity index (χ0) is 13.3. The number of aryl methyl sites for hydroxylation is 3. The molecule has 0 saturated carbocycles. The number of amides is 1. The van der Waals surface area contributed by atoms with E-state index < -0.39 is 0 Å². The molecule has 1 N–H and O–H groups in total. The summed E-state index contributed by atoms with van der Waals surface area (Å²) >= 11 is 3.36. The molecule has 18 heavy (non-hydrogen) atoms. The minimum Gasteiger partial charge on any atom is -0.361 e. The second-order valence-electron chi connectivity index (χ2n) is 3.97. The molecule has 0 unspecified atom stereocenters. The van der Waals surface area contributed by atoms with Crippen molar-refractivity contribution >= 4 is 27.7 Å². The van der Waals surface area contributed by atoms with Gasteiger partial charge in [0.2, 0.25) is 0 Å². The predicted octanol–water partition coefficient (Wildman–Crippen LogP) is 3.01. The van der Waals surface area contributed by atoms with Gasteiger partial charge in [-0.3, -0.25) is 4.79 Å². The largest absolute Gasteiger partial charge is 0.361 e. The number of rotatable bonds is 2. The Bertz CT molecular complexity index is 588. The number of carbonyl (C=O) groups is 1. The highest BCUT2D eigenvalue weighted by Gasteiger charge is 2.17. The van der Waals surface area contributed by atoms with Crippen LogP contribution in [0, 0.1) is 20.8 Å². The van der Waals surface area contributed by atoms with E-state index in [1.807, 2.05) is 6.92 Å². The number of nitrogens with zero attached hydrogens (tertiary/aromatic N) is 2. The van der Waals surface area contributed by atoms with Gasteiger partial charge in [0, 0.05) is 10.7 Å². The van der Waals surface area contributed by atoms with Gasteiger partial charge in [-0.1, -0.05) is 5.16 Å². The van der Waals surface area contributed by atoms with E-state index in [1.165, 1.54) is 0 Å². The Morgan fingerprint density at radius 2 is 2.11 bits per heavy atom. The number of aromatic nitrogens is 2. The smallest absolute Gasteiger partial charge is 0.262 e. The monoisotopic (exact) mass is 309 g/mol. The molecule has 94 valence electrons. The summed E-state index contributed by atoms with van der Waals surface area (Å²) < 4.78 is 5.86. The van der Waals surface area contributed by atoms with E-state index in [1.54, 1.807) is 26.1 Å². The summed E-state index contributed by atoms with van der Waals surface area (Å²) in [5.41, 5.74) is 2.02. The van der Waals surface area contributed by atoms with Gasteiger partial charge in [0.1, 0.15) is 17.1 Å². The van der Waals surface area contributed by atoms with Crippen LogP contribution in [-0.4, -0.2) is 16.0 Å². The van der Waals surface area contributed by atoms with Gasteiger partial charge in [-0.15, -0.1) is 0 Å². The highest BCUT2D eigenvalue weighted by Crippen LogP contribution is 2.19. The third-order valence-electron chi connectivity index (χ3n) is 2.55. The summed E-state index contributed by atoms with van der Waals surface area (Å²) in [6, 6.07) is 1.79. The van der Waals surface area contributed by atoms with Crippen molar-refractivity contribution in [1.29, 1.82) is 0 Å². The minimum atomic E-state index is -0.263. The van der Waals surface area contributed by atoms with E-state index in [0.717, 1.165) is 10.0 Å². The Kier molecular flexibility index (Phi) is 3.47. The number of pyridine rings is 1. The number of halogens is 1. The van der Waals surface area contributed by atoms with Crippen molar-refractivity contribution in [2.24, 2.45) is 0 Å². The molecule has 0 saturated heterocycles. The van der Waals surface area contributed by atoms with Crippen LogP contribution in [0.4, 0.5) is 5.82 Å². The Labute approximate surface area is 113 Å². The molecule has 0 aliphatic carbocycles. The van der Waals surface area contributed by atoms with E-state index in [2.05, 4.69) is 31.4 Å². The zero-order valence-corrected chi connectivity index (χ0v) is 11.8. The van der Waals surface area contributed by atoms with E-state index in [9.17, 15) is 4.79 Å². The van der Waals surface area contributed by atoms with Gasteiger partial charge >= 0.3 is 0 Å². The van der Waals surface area contributed by atoms with Crippen molar-refractivity contribution in [2.75, 3.05) is 5.32 Å². The maximum Gasteiger partial charge on any atom is 0.262 e. The van der Waals surface area contributed by atoms with Gasteiger partial charge in [0.15, 0.2) is 0 Å². The van der Waals surface area contributed by atoms with Crippen LogP contribution in [0.25, 0.3) is 0 Å². The molecule has 0 aliphatic heterocycles. The van der Waals surface area contributed by atoms with Gasteiger partial charge < -0.3 is 9.84 Å². The van der Waals surface area contributed by atoms with Crippen molar-refractivity contribution in [1.82, 2.24) is 10.1 Å². The standard InChI is InChI=1S/C12H12BrN3O2/c1-6-4-10(14-5-9(6)13)15-12(17)11-7(2)16-18-8(11)3/h4-5H,1-3H3,(H,14,15,17). The SMILES string of the molecule is Cc1cc(NC(=O)c2c(C)noc2C)ncc1Br. The van der Waals surface area contributed by atoms with E-state index in [4.69, 9.17) is 4.52 Å². The number of anilines is 1. The fraction of sp³-hybridized carbons (Fsp3) is 0.250. The van der Waals surface area contributed by atoms with Gasteiger partial charge in [0.25, 0.3) is 5.91 Å². The first-order valence-corrected chi connectivity index (χ1v) is 6.14. The first kappa shape index (κ1) is 12.8. The van der Waals surface area contributed by atoms with Crippen LogP contribution in [0.1, 0.15) is 27.4 Å². The topological polar surface area (TPSA) is 68.0 Å². The second kappa shape index (κ2) is 4.89. The Morgan fingerprint density at radius 3 is 2.67 bits per heavy atom. The molecule has 0 fully saturated rings. The van der Waals surface area contributed by atoms with Gasteiger partial charge in [-0.25, -0.2) is 4.98 Å². The summed E-state index contributed by atoms with van der Waals surface area (Å²) in [6.07, 6.45) is 1.65. The summed E-state index contributed by atoms with van der Waals surface area (Å²) in [5.74, 6) is 0.736. The molecule has 0 aliphatic rings. The number of carbonyl (C=O) groups excluding carboxylic acids is 1. The Balaban J connectivity index is 2.24. The maximum absolute atomic E-state index is 12.1. The number of nitrogens with one attached hydrogen (secondary N) is 1. The van der Waals surface area contributed by atoms with Crippen LogP contribution < -0.4 is 5.32 Å². The number of hydrogen-bond donors (Lipinski definition) is 1. The Hall–Kier alpha value is -1.69. The fourth-order valence-corrected chi connectivity index (χ4v) is 1.81. The van der Waals surface area contributed by atoms with Crippen LogP contribution in [0.3, 0.4) is 0 Å². The van der Waals surface area contributed by atoms with Crippen LogP contribution >= 0.6 is 15.9 Å². The fourth-order valence-electron chi connectivity index (χ4n) is 1.59. The molecule has 0 atom stereocenters. The van der Waals surface area contributed by atoms with Crippen molar-refractivity contribution < 1.29 is 9.32 Å². The molecular formula is C12H12BrN3O2. The first-order valence-electron chi connectivity index (χ1n) is 5.35. The van der Waals surface area contributed by atoms with Crippen molar-refractivity contribution in [3.63, 3.8) is 0 Å². The van der Waals surface area contributed by atoms with E-state index >= 15 is 0 Å². The third-order valence-corrected chi connectivity index (χ3v) is 3.38. The van der Waals surface area contributed by atoms with Crippen LogP contribution in [-0.2, 0) is 0 Å². The van der Waals surface area contributed by atoms with Gasteiger partial charge in [-0.05, 0) is 48.3 Å². The lowest BCUT2D eigenvalue weighted by molar-refractivity contribution is 0.102. The van der Waals surface area contributed by atoms with Crippen molar-refractivity contribution in [3.05, 3.63) is 39.3 Å². The third kappa shape index (κ3) is 2.43. The quantitative estimate of drug-likeness (QED) is 0.926. The van der Waals surface area contributed by atoms with Crippen LogP contribution in [0.5, 0.6) is 0 Å². The molecule has 1 amide bonds. The predicted molar refractivity (Wildman–Crippen MR) is 70.6 cm³/mol. The maximum atomic E-state index is 12.1. The molecule has 0 bridgehead atoms. The van der Waals surface area contributed by atoms with E-state index in [-0.39, 0.29) is 5.91 Å². The molecule has 0 aromatic carbocycles. The summed E-state index contributed by atoms with van der Waals surface area (Å²) in [7, 11) is 0. The molecule has 2 rings (SSSR count). The lowest BCUT2D eigenvalue weighted by Crippen LogP contribution is -2.14. The number of hydrogen-bond acceptors (Lipinski definition) is 4. The van der Waals surface area contributed by atoms with Gasteiger partial charge in [-0.2, -0.15) is 0 Å². The molecule has 2 aromatic heterocycles. The van der Waals surface area contributed by atoms with Gasteiger partial charge in [0.05, 0.1) is 5.69 Å². The summed E-state index contributed by atoms with van der Waals surface area (Å²) in [5, 5.41) is 6.47.